The van der Waals surface area contributed by atoms with Gasteiger partial charge in [0.15, 0.2) is 0 Å². The van der Waals surface area contributed by atoms with Crippen molar-refractivity contribution in [3.05, 3.63) is 61.1 Å². The zero-order valence-corrected chi connectivity index (χ0v) is 19.9. The number of rotatable bonds is 5. The molecule has 0 saturated carbocycles. The van der Waals surface area contributed by atoms with Gasteiger partial charge in [0, 0.05) is 36.4 Å². The number of halogens is 4. The lowest BCUT2D eigenvalue weighted by molar-refractivity contribution is -0.192. The number of fused-ring (bicyclic) bond motifs is 1. The van der Waals surface area contributed by atoms with E-state index in [1.54, 1.807) is 23.3 Å². The van der Waals surface area contributed by atoms with Crippen LogP contribution in [0.2, 0.25) is 0 Å². The second-order valence-electron chi connectivity index (χ2n) is 8.23. The molecule has 1 aliphatic heterocycles. The number of nitrogens with one attached hydrogen (secondary N) is 1. The molecule has 198 valence electrons. The maximum Gasteiger partial charge on any atom is 0.490 e. The molecule has 1 fully saturated rings. The van der Waals surface area contributed by atoms with E-state index in [0.717, 1.165) is 17.0 Å². The second kappa shape index (κ2) is 9.84. The number of carboxylic acids is 1. The molecular weight excluding hydrogens is 534 g/mol. The Labute approximate surface area is 212 Å². The molecule has 4 heterocycles. The Balaban J connectivity index is 0.000000426. The highest BCUT2D eigenvalue weighted by Crippen LogP contribution is 2.37. The molecule has 0 bridgehead atoms. The van der Waals surface area contributed by atoms with Crippen LogP contribution in [-0.2, 0) is 20.4 Å². The lowest BCUT2D eigenvalue weighted by Crippen LogP contribution is -2.64. The minimum absolute atomic E-state index is 0.0594. The number of nitrogens with zero attached hydrogens (tertiary/aromatic N) is 6. The number of aliphatic carboxylic acids is 1. The van der Waals surface area contributed by atoms with Crippen LogP contribution in [0.25, 0.3) is 22.3 Å². The number of aromatic nitrogens is 5. The SMILES string of the molecule is N#CCC1(n2cc(-c3ncnc4[nH]ccc34)cn2)CN(S(=O)(=O)c2cccc(F)c2)C1.O=C(O)C(F)(F)F. The summed E-state index contributed by atoms with van der Waals surface area (Å²) < 4.78 is 73.8. The molecule has 11 nitrogen and oxygen atoms in total. The van der Waals surface area contributed by atoms with Crippen molar-refractivity contribution in [3.63, 3.8) is 0 Å². The lowest BCUT2D eigenvalue weighted by Gasteiger charge is -2.47. The number of benzene rings is 1. The first-order chi connectivity index (χ1) is 17.9. The van der Waals surface area contributed by atoms with Gasteiger partial charge in [-0.15, -0.1) is 0 Å². The van der Waals surface area contributed by atoms with Crippen molar-refractivity contribution in [1.82, 2.24) is 29.0 Å². The number of aromatic amines is 1. The normalized spacial score (nSPS) is 15.2. The number of hydrogen-bond donors (Lipinski definition) is 2. The topological polar surface area (TPSA) is 158 Å². The first-order valence-electron chi connectivity index (χ1n) is 10.6. The molecular formula is C22H17F4N7O4S. The van der Waals surface area contributed by atoms with Crippen LogP contribution in [0.3, 0.4) is 0 Å². The number of carbonyl (C=O) groups is 1. The van der Waals surface area contributed by atoms with Gasteiger partial charge >= 0.3 is 12.1 Å². The van der Waals surface area contributed by atoms with E-state index in [4.69, 9.17) is 9.90 Å². The second-order valence-corrected chi connectivity index (χ2v) is 10.2. The van der Waals surface area contributed by atoms with Crippen LogP contribution in [0.15, 0.2) is 60.1 Å². The number of H-pyrrole nitrogens is 1. The van der Waals surface area contributed by atoms with E-state index in [0.29, 0.717) is 11.3 Å². The third-order valence-electron chi connectivity index (χ3n) is 5.72. The molecule has 0 unspecified atom stereocenters. The van der Waals surface area contributed by atoms with E-state index in [9.17, 15) is 31.2 Å². The first-order valence-corrected chi connectivity index (χ1v) is 12.1. The van der Waals surface area contributed by atoms with Gasteiger partial charge in [0.1, 0.15) is 23.3 Å². The summed E-state index contributed by atoms with van der Waals surface area (Å²) in [7, 11) is -3.87. The maximum absolute atomic E-state index is 13.5. The Morgan fingerprint density at radius 3 is 2.58 bits per heavy atom. The standard InChI is InChI=1S/C20H16FN7O2S.C2HF3O2/c21-15-2-1-3-16(8-15)31(29,30)27-11-20(12-27,5-6-22)28-10-14(9-26-28)18-17-4-7-23-19(17)25-13-24-18;3-2(4,5)1(6)7/h1-4,7-10,13H,5,11-12H2,(H,23,24,25);(H,6,7). The van der Waals surface area contributed by atoms with Crippen molar-refractivity contribution in [3.8, 4) is 17.3 Å². The predicted molar refractivity (Wildman–Crippen MR) is 122 cm³/mol. The molecule has 0 amide bonds. The van der Waals surface area contributed by atoms with Gasteiger partial charge in [-0.3, -0.25) is 4.68 Å². The van der Waals surface area contributed by atoms with Crippen LogP contribution in [0.5, 0.6) is 0 Å². The molecule has 2 N–H and O–H groups in total. The average Bonchev–Trinajstić information content (AvgIpc) is 3.51. The largest absolute Gasteiger partial charge is 0.490 e. The molecule has 5 rings (SSSR count). The molecule has 38 heavy (non-hydrogen) atoms. The van der Waals surface area contributed by atoms with Gasteiger partial charge in [0.2, 0.25) is 10.0 Å². The van der Waals surface area contributed by atoms with Gasteiger partial charge in [-0.25, -0.2) is 27.6 Å². The van der Waals surface area contributed by atoms with Crippen LogP contribution in [0.1, 0.15) is 6.42 Å². The molecule has 4 aromatic rings. The number of carboxylic acid groups (broad SMARTS) is 1. The number of alkyl halides is 3. The van der Waals surface area contributed by atoms with Crippen molar-refractivity contribution in [1.29, 1.82) is 5.26 Å². The lowest BCUT2D eigenvalue weighted by atomic mass is 9.89. The van der Waals surface area contributed by atoms with E-state index >= 15 is 0 Å². The van der Waals surface area contributed by atoms with Crippen molar-refractivity contribution in [2.24, 2.45) is 0 Å². The molecule has 1 aromatic carbocycles. The van der Waals surface area contributed by atoms with Gasteiger partial charge in [-0.05, 0) is 24.3 Å². The average molecular weight is 551 g/mol. The maximum atomic E-state index is 13.5. The van der Waals surface area contributed by atoms with Crippen molar-refractivity contribution >= 4 is 27.0 Å². The van der Waals surface area contributed by atoms with E-state index in [-0.39, 0.29) is 24.4 Å². The summed E-state index contributed by atoms with van der Waals surface area (Å²) in [4.78, 5) is 20.3. The third-order valence-corrected chi connectivity index (χ3v) is 7.51. The highest BCUT2D eigenvalue weighted by atomic mass is 32.2. The van der Waals surface area contributed by atoms with E-state index in [1.165, 1.54) is 28.8 Å². The van der Waals surface area contributed by atoms with E-state index < -0.39 is 33.5 Å². The van der Waals surface area contributed by atoms with Crippen molar-refractivity contribution in [2.75, 3.05) is 13.1 Å². The summed E-state index contributed by atoms with van der Waals surface area (Å²) in [5.41, 5.74) is 1.31. The number of nitriles is 1. The summed E-state index contributed by atoms with van der Waals surface area (Å²) in [6, 6.07) is 8.88. The smallest absolute Gasteiger partial charge is 0.475 e. The van der Waals surface area contributed by atoms with E-state index in [1.807, 2.05) is 6.07 Å². The molecule has 0 radical (unpaired) electrons. The fraction of sp³-hybridized carbons (Fsp3) is 0.227. The third kappa shape index (κ3) is 5.06. The van der Waals surface area contributed by atoms with Crippen molar-refractivity contribution in [2.45, 2.75) is 23.0 Å². The monoisotopic (exact) mass is 551 g/mol. The molecule has 0 spiro atoms. The summed E-state index contributed by atoms with van der Waals surface area (Å²) in [6.45, 7) is 0.119. The molecule has 0 aliphatic carbocycles. The summed E-state index contributed by atoms with van der Waals surface area (Å²) in [5.74, 6) is -3.38. The summed E-state index contributed by atoms with van der Waals surface area (Å²) in [5, 5.41) is 21.7. The molecule has 3 aromatic heterocycles. The van der Waals surface area contributed by atoms with Crippen LogP contribution in [0.4, 0.5) is 17.6 Å². The van der Waals surface area contributed by atoms with E-state index in [2.05, 4.69) is 26.1 Å². The fourth-order valence-electron chi connectivity index (χ4n) is 3.85. The highest BCUT2D eigenvalue weighted by Gasteiger charge is 2.50. The summed E-state index contributed by atoms with van der Waals surface area (Å²) >= 11 is 0. The Kier molecular flexibility index (Phi) is 6.91. The van der Waals surface area contributed by atoms with Gasteiger partial charge < -0.3 is 10.1 Å². The Morgan fingerprint density at radius 2 is 1.95 bits per heavy atom. The van der Waals surface area contributed by atoms with Gasteiger partial charge in [-0.2, -0.15) is 27.8 Å². The zero-order valence-electron chi connectivity index (χ0n) is 19.1. The highest BCUT2D eigenvalue weighted by molar-refractivity contribution is 7.89. The Bertz CT molecular complexity index is 1640. The minimum Gasteiger partial charge on any atom is -0.475 e. The van der Waals surface area contributed by atoms with Crippen LogP contribution in [-0.4, -0.2) is 67.8 Å². The van der Waals surface area contributed by atoms with Gasteiger partial charge in [0.05, 0.1) is 29.3 Å². The molecule has 1 aliphatic rings. The zero-order chi connectivity index (χ0) is 27.7. The minimum atomic E-state index is -5.08. The number of hydrogen-bond acceptors (Lipinski definition) is 7. The molecule has 16 heteroatoms. The van der Waals surface area contributed by atoms with Gasteiger partial charge in [-0.1, -0.05) is 6.07 Å². The Morgan fingerprint density at radius 1 is 1.24 bits per heavy atom. The van der Waals surface area contributed by atoms with Crippen LogP contribution in [0, 0.1) is 17.1 Å². The van der Waals surface area contributed by atoms with Crippen LogP contribution < -0.4 is 0 Å². The number of sulfonamides is 1. The fourth-order valence-corrected chi connectivity index (χ4v) is 5.48. The predicted octanol–water partition coefficient (Wildman–Crippen LogP) is 2.91. The Hall–Kier alpha value is -4.36. The van der Waals surface area contributed by atoms with Crippen molar-refractivity contribution < 1.29 is 35.9 Å². The quantitative estimate of drug-likeness (QED) is 0.359. The first kappa shape index (κ1) is 26.7. The van der Waals surface area contributed by atoms with Gasteiger partial charge in [0.25, 0.3) is 0 Å². The summed E-state index contributed by atoms with van der Waals surface area (Å²) in [6.07, 6.45) is 1.61. The molecule has 1 saturated heterocycles. The van der Waals surface area contributed by atoms with Crippen LogP contribution >= 0.6 is 0 Å². The molecule has 0 atom stereocenters.